The van der Waals surface area contributed by atoms with Crippen LogP contribution in [0.5, 0.6) is 0 Å². The molecule has 0 spiro atoms. The maximum absolute atomic E-state index is 13.2. The van der Waals surface area contributed by atoms with Gasteiger partial charge in [-0.3, -0.25) is 52.7 Å². The molecule has 0 heterocycles. The predicted molar refractivity (Wildman–Crippen MR) is 575 cm³/mol. The van der Waals surface area contributed by atoms with E-state index in [4.69, 9.17) is 58.6 Å². The largest absolute Gasteiger partial charge is 0.481 e. The summed E-state index contributed by atoms with van der Waals surface area (Å²) in [7, 11) is 0. The van der Waals surface area contributed by atoms with E-state index in [1.54, 1.807) is 187 Å². The Morgan fingerprint density at radius 3 is 0.725 bits per heavy atom. The van der Waals surface area contributed by atoms with Crippen molar-refractivity contribution < 1.29 is 130 Å². The van der Waals surface area contributed by atoms with Gasteiger partial charge in [-0.05, 0) is 366 Å². The molecule has 3 aromatic rings. The number of nitrogens with two attached hydrogens (primary N) is 1. The summed E-state index contributed by atoms with van der Waals surface area (Å²) in [5, 5.41) is 56.1. The van der Waals surface area contributed by atoms with E-state index in [1.165, 1.54) is 0 Å². The predicted octanol–water partition coefficient (Wildman–Crippen LogP) is 15.8. The molecule has 11 atom stereocenters. The first-order valence-corrected chi connectivity index (χ1v) is 51.8. The fraction of sp³-hybridized carbons (Fsp3) is 0.703. The molecular weight excluding hydrogens is 1920 g/mol. The Bertz CT molecular complexity index is 4300. The van der Waals surface area contributed by atoms with Crippen LogP contribution in [0.4, 0.5) is 14.4 Å². The van der Waals surface area contributed by atoms with Crippen LogP contribution in [0.3, 0.4) is 0 Å². The van der Waals surface area contributed by atoms with Crippen molar-refractivity contribution in [2.45, 2.75) is 480 Å². The number of carbonyl (C=O) groups is 15. The lowest BCUT2D eigenvalue weighted by atomic mass is 10.0. The van der Waals surface area contributed by atoms with Gasteiger partial charge in [-0.15, -0.1) is 0 Å². The van der Waals surface area contributed by atoms with Gasteiger partial charge in [-0.1, -0.05) is 105 Å². The number of hydrogen-bond acceptors (Lipinski definition) is 29. The molecule has 6 amide bonds. The molecule has 0 aliphatic carbocycles. The first-order valence-electron chi connectivity index (χ1n) is 51.8. The van der Waals surface area contributed by atoms with Crippen molar-refractivity contribution in [1.29, 1.82) is 0 Å². The molecule has 0 fully saturated rings. The van der Waals surface area contributed by atoms with E-state index >= 15 is 0 Å². The average Bonchev–Trinajstić information content (AvgIpc) is 0.884. The summed E-state index contributed by atoms with van der Waals surface area (Å²) in [6.07, 6.45) is 6.83. The summed E-state index contributed by atoms with van der Waals surface area (Å²) in [5.41, 5.74) is 3.30. The molecule has 11 unspecified atom stereocenters. The molecule has 38 nitrogen and oxygen atoms in total. The molecule has 3 rings (SSSR count). The molecule has 0 saturated carbocycles. The highest BCUT2D eigenvalue weighted by Gasteiger charge is 2.35. The summed E-state index contributed by atoms with van der Waals surface area (Å²) in [5.74, 6) is -6.51. The number of unbranched alkanes of at least 4 members (excludes halogenated alkanes) is 4. The zero-order valence-corrected chi connectivity index (χ0v) is 94.3. The molecule has 0 saturated heterocycles. The van der Waals surface area contributed by atoms with Gasteiger partial charge in [0.15, 0.2) is 0 Å². The lowest BCUT2D eigenvalue weighted by Crippen LogP contribution is -2.50. The van der Waals surface area contributed by atoms with Crippen LogP contribution in [-0.2, 0) is 119 Å². The zero-order chi connectivity index (χ0) is 113. The lowest BCUT2D eigenvalue weighted by Gasteiger charge is -2.26. The molecule has 0 aliphatic heterocycles. The van der Waals surface area contributed by atoms with Crippen molar-refractivity contribution in [3.05, 3.63) is 108 Å². The van der Waals surface area contributed by atoms with Gasteiger partial charge >= 0.3 is 72.0 Å². The third kappa shape index (κ3) is 78.7. The Balaban J connectivity index is 0. The summed E-state index contributed by atoms with van der Waals surface area (Å²) in [4.78, 5) is 183. The number of esters is 6. The van der Waals surface area contributed by atoms with Crippen molar-refractivity contribution in [2.75, 3.05) is 26.2 Å². The van der Waals surface area contributed by atoms with E-state index in [-0.39, 0.29) is 113 Å². The second-order valence-electron chi connectivity index (χ2n) is 46.1. The minimum atomic E-state index is -1.15. The number of hydrogen-bond donors (Lipinski definition) is 14. The number of carboxylic acids is 3. The van der Waals surface area contributed by atoms with E-state index in [1.807, 2.05) is 112 Å². The molecule has 15 N–H and O–H groups in total. The normalized spacial score (nSPS) is 14.0. The molecule has 0 radical (unpaired) electrons. The Hall–Kier alpha value is -11.1. The quantitative estimate of drug-likeness (QED) is 0.0142. The van der Waals surface area contributed by atoms with Crippen LogP contribution >= 0.6 is 0 Å². The SMILES string of the molecule is C.CC(C)(C)OC(=O)CCC(NCCCCC(NC(=O)OC(C)(C)C)C(=O)O)C(=O)OC(C)(C)C.CC(Cc1ccccc1)NC(=O)C(CCCCNC(CCC(=O)OC(C)(C)C)C(=O)OC(C)(C)C)NC(=O)OC(C)(C)C.CC(Cc1ccccc1)NC(=O)C(CCCCNC(CCC(=O)OC(C)(C)C)C(=O)OC(C)(C)C)NC(=O)OC(C)(C)C.CC(Cc1ccccc1)NC(=O)C(N)CCCCNC(CCC(=O)O)C(=O)O. The third-order valence-corrected chi connectivity index (χ3v) is 20.1. The Labute approximate surface area is 887 Å². The van der Waals surface area contributed by atoms with Crippen molar-refractivity contribution in [3.8, 4) is 0 Å². The van der Waals surface area contributed by atoms with Crippen LogP contribution in [0.25, 0.3) is 0 Å². The second-order valence-corrected chi connectivity index (χ2v) is 46.1. The first kappa shape index (κ1) is 140. The Kier molecular flexibility index (Phi) is 65.2. The number of alkyl carbamates (subject to hydrolysis) is 3. The third-order valence-electron chi connectivity index (χ3n) is 20.1. The highest BCUT2D eigenvalue weighted by molar-refractivity contribution is 5.87. The molecule has 0 aromatic heterocycles. The molecule has 3 aromatic carbocycles. The molecule has 38 heteroatoms. The van der Waals surface area contributed by atoms with Crippen LogP contribution in [0, 0.1) is 0 Å². The van der Waals surface area contributed by atoms with Crippen molar-refractivity contribution >= 4 is 89.7 Å². The maximum atomic E-state index is 13.2. The number of carboxylic acid groups (broad SMARTS) is 3. The molecular formula is C111H189N11O27. The topological polar surface area (TPSA) is 546 Å². The maximum Gasteiger partial charge on any atom is 0.408 e. The summed E-state index contributed by atoms with van der Waals surface area (Å²) < 4.78 is 48.5. The fourth-order valence-electron chi connectivity index (χ4n) is 14.0. The fourth-order valence-corrected chi connectivity index (χ4v) is 14.0. The van der Waals surface area contributed by atoms with Crippen LogP contribution in [0.1, 0.15) is 360 Å². The molecule has 850 valence electrons. The van der Waals surface area contributed by atoms with E-state index in [0.29, 0.717) is 110 Å². The minimum Gasteiger partial charge on any atom is -0.481 e. The monoisotopic (exact) mass is 2110 g/mol. The minimum absolute atomic E-state index is 0. The number of ether oxygens (including phenoxy) is 9. The van der Waals surface area contributed by atoms with Gasteiger partial charge in [0.25, 0.3) is 0 Å². The Morgan fingerprint density at radius 1 is 0.262 bits per heavy atom. The second kappa shape index (κ2) is 69.4. The smallest absolute Gasteiger partial charge is 0.408 e. The van der Waals surface area contributed by atoms with Gasteiger partial charge in [0.05, 0.1) is 6.04 Å². The van der Waals surface area contributed by atoms with Gasteiger partial charge in [-0.25, -0.2) is 19.2 Å². The number of aliphatic carboxylic acids is 3. The van der Waals surface area contributed by atoms with Crippen molar-refractivity contribution in [3.63, 3.8) is 0 Å². The number of rotatable bonds is 56. The van der Waals surface area contributed by atoms with E-state index < -0.39 is 159 Å². The van der Waals surface area contributed by atoms with Gasteiger partial charge in [0.2, 0.25) is 17.7 Å². The van der Waals surface area contributed by atoms with Gasteiger partial charge in [-0.2, -0.15) is 0 Å². The summed E-state index contributed by atoms with van der Waals surface area (Å²) in [6, 6.07) is 23.1. The van der Waals surface area contributed by atoms with E-state index in [0.717, 1.165) is 23.1 Å². The number of carbonyl (C=O) groups excluding carboxylic acids is 12. The number of amides is 6. The lowest BCUT2D eigenvalue weighted by molar-refractivity contribution is -0.161. The molecule has 149 heavy (non-hydrogen) atoms. The van der Waals surface area contributed by atoms with Gasteiger partial charge in [0, 0.05) is 43.8 Å². The number of benzene rings is 3. The van der Waals surface area contributed by atoms with Crippen LogP contribution in [-0.4, -0.2) is 248 Å². The molecule has 0 bridgehead atoms. The van der Waals surface area contributed by atoms with E-state index in [2.05, 4.69) is 53.2 Å². The van der Waals surface area contributed by atoms with Crippen molar-refractivity contribution in [1.82, 2.24) is 53.2 Å². The standard InChI is InChI=1S/2C33H55N3O7.C24H44N2O8.C20H31N3O5.CH4/c2*1-23(22-24-16-12-11-13-17-24)35-28(38)25(36-30(40)43-33(8,9)10)18-14-15-21-34-26(29(39)42-32(5,6)7)19-20-27(37)41-31(2,3)4;1-22(2,3)32-18(27)14-13-17(20(30)33-23(4,5)6)25-15-11-10-12-16(19(28)29)26-21(31)34-24(7,8)9;1-14(13-15-7-3-2-4-8-15)23-19(26)16(21)9-5-6-12-22-17(20(27)28)10-11-18(24)25;/h2*11-13,16-17,23,25-26,34H,14-15,18-22H2,1-10H3,(H,35,38)(H,36,40);16-17,25H,10-15H2,1-9H3,(H,26,31)(H,28,29);2-4,7-8,14,16-17,22H,5-6,9-13,21H2,1H3,(H,23,26)(H,24,25)(H,27,28);1H4. The van der Waals surface area contributed by atoms with E-state index in [9.17, 15) is 77.0 Å². The summed E-state index contributed by atoms with van der Waals surface area (Å²) >= 11 is 0. The average molecular weight is 2110 g/mol. The first-order chi connectivity index (χ1) is 68.1. The highest BCUT2D eigenvalue weighted by Crippen LogP contribution is 2.22. The zero-order valence-electron chi connectivity index (χ0n) is 94.3. The van der Waals surface area contributed by atoms with Gasteiger partial charge < -0.3 is 117 Å². The van der Waals surface area contributed by atoms with Gasteiger partial charge in [0.1, 0.15) is 92.7 Å². The summed E-state index contributed by atoms with van der Waals surface area (Å²) in [6.45, 7) is 55.3. The molecule has 0 aliphatic rings. The van der Waals surface area contributed by atoms with Crippen LogP contribution < -0.4 is 58.9 Å². The number of nitrogens with one attached hydrogen (secondary N) is 10. The highest BCUT2D eigenvalue weighted by atomic mass is 16.6. The van der Waals surface area contributed by atoms with Crippen molar-refractivity contribution in [2.24, 2.45) is 5.73 Å². The Morgan fingerprint density at radius 2 is 0.483 bits per heavy atom. The van der Waals surface area contributed by atoms with Crippen LogP contribution in [0.15, 0.2) is 91.0 Å². The van der Waals surface area contributed by atoms with Crippen LogP contribution in [0.2, 0.25) is 0 Å².